The standard InChI is InChI=1S/C19H25N3O4/c1-12(16(23)20-14-6-7-14)22-17(24)19(2,21-18(22)25)11-10-13-4-8-15(26-3)9-5-13/h4-5,8-9,12,14H,6-7,10-11H2,1-3H3,(H,20,23)(H,21,25)/t12-,19-/m0/s1. The third-order valence-corrected chi connectivity index (χ3v) is 5.06. The molecule has 0 unspecified atom stereocenters. The van der Waals surface area contributed by atoms with E-state index in [9.17, 15) is 14.4 Å². The summed E-state index contributed by atoms with van der Waals surface area (Å²) < 4.78 is 5.14. The lowest BCUT2D eigenvalue weighted by Crippen LogP contribution is -2.50. The Bertz CT molecular complexity index is 714. The van der Waals surface area contributed by atoms with Crippen LogP contribution in [0.5, 0.6) is 5.75 Å². The van der Waals surface area contributed by atoms with Crippen molar-refractivity contribution in [1.82, 2.24) is 15.5 Å². The van der Waals surface area contributed by atoms with E-state index in [2.05, 4.69) is 10.6 Å². The number of rotatable bonds is 7. The third-order valence-electron chi connectivity index (χ3n) is 5.06. The average molecular weight is 359 g/mol. The van der Waals surface area contributed by atoms with E-state index in [1.165, 1.54) is 0 Å². The van der Waals surface area contributed by atoms with Crippen LogP contribution in [-0.2, 0) is 16.0 Å². The molecule has 1 saturated carbocycles. The average Bonchev–Trinajstić information content (AvgIpc) is 3.40. The number of methoxy groups -OCH3 is 1. The number of carbonyl (C=O) groups excluding carboxylic acids is 3. The molecule has 1 aromatic carbocycles. The summed E-state index contributed by atoms with van der Waals surface area (Å²) in [7, 11) is 1.61. The van der Waals surface area contributed by atoms with Gasteiger partial charge in [-0.2, -0.15) is 0 Å². The summed E-state index contributed by atoms with van der Waals surface area (Å²) in [5, 5.41) is 5.60. The number of nitrogens with one attached hydrogen (secondary N) is 2. The molecule has 0 aromatic heterocycles. The van der Waals surface area contributed by atoms with Gasteiger partial charge in [-0.1, -0.05) is 12.1 Å². The lowest BCUT2D eigenvalue weighted by Gasteiger charge is -2.24. The molecule has 2 atom stereocenters. The number of urea groups is 1. The first-order valence-corrected chi connectivity index (χ1v) is 8.93. The predicted octanol–water partition coefficient (Wildman–Crippen LogP) is 1.61. The van der Waals surface area contributed by atoms with Gasteiger partial charge in [-0.3, -0.25) is 9.59 Å². The number of hydrogen-bond donors (Lipinski definition) is 2. The first-order chi connectivity index (χ1) is 12.3. The van der Waals surface area contributed by atoms with E-state index in [0.29, 0.717) is 12.8 Å². The molecule has 1 heterocycles. The van der Waals surface area contributed by atoms with Crippen LogP contribution in [0.2, 0.25) is 0 Å². The molecule has 1 saturated heterocycles. The van der Waals surface area contributed by atoms with Crippen LogP contribution in [0.25, 0.3) is 0 Å². The third kappa shape index (κ3) is 3.66. The van der Waals surface area contributed by atoms with Crippen molar-refractivity contribution in [3.63, 3.8) is 0 Å². The minimum absolute atomic E-state index is 0.187. The number of hydrogen-bond acceptors (Lipinski definition) is 4. The number of carbonyl (C=O) groups is 3. The van der Waals surface area contributed by atoms with Crippen LogP contribution < -0.4 is 15.4 Å². The van der Waals surface area contributed by atoms with Crippen molar-refractivity contribution in [2.45, 2.75) is 57.2 Å². The molecule has 1 aliphatic carbocycles. The van der Waals surface area contributed by atoms with Crippen molar-refractivity contribution in [2.75, 3.05) is 7.11 Å². The van der Waals surface area contributed by atoms with Gasteiger partial charge in [0, 0.05) is 6.04 Å². The second kappa shape index (κ2) is 6.97. The summed E-state index contributed by atoms with van der Waals surface area (Å²) in [4.78, 5) is 38.5. The van der Waals surface area contributed by atoms with Gasteiger partial charge in [0.2, 0.25) is 5.91 Å². The van der Waals surface area contributed by atoms with Crippen LogP contribution in [-0.4, -0.2) is 47.5 Å². The predicted molar refractivity (Wildman–Crippen MR) is 95.7 cm³/mol. The molecule has 0 spiro atoms. The number of nitrogens with zero attached hydrogens (tertiary/aromatic N) is 1. The first kappa shape index (κ1) is 18.2. The monoisotopic (exact) mass is 359 g/mol. The normalized spacial score (nSPS) is 23.6. The number of ether oxygens (including phenoxy) is 1. The molecule has 140 valence electrons. The maximum Gasteiger partial charge on any atom is 0.325 e. The molecule has 2 aliphatic rings. The Kier molecular flexibility index (Phi) is 4.89. The largest absolute Gasteiger partial charge is 0.497 e. The van der Waals surface area contributed by atoms with E-state index >= 15 is 0 Å². The summed E-state index contributed by atoms with van der Waals surface area (Å²) in [5.74, 6) is 0.136. The fraction of sp³-hybridized carbons (Fsp3) is 0.526. The molecule has 2 N–H and O–H groups in total. The number of aryl methyl sites for hydroxylation is 1. The molecular formula is C19H25N3O4. The van der Waals surface area contributed by atoms with E-state index in [0.717, 1.165) is 29.1 Å². The van der Waals surface area contributed by atoms with Crippen molar-refractivity contribution in [2.24, 2.45) is 0 Å². The smallest absolute Gasteiger partial charge is 0.325 e. The maximum absolute atomic E-state index is 12.8. The highest BCUT2D eigenvalue weighted by Crippen LogP contribution is 2.26. The van der Waals surface area contributed by atoms with E-state index in [-0.39, 0.29) is 17.9 Å². The van der Waals surface area contributed by atoms with Gasteiger partial charge in [0.15, 0.2) is 0 Å². The van der Waals surface area contributed by atoms with Gasteiger partial charge in [0.25, 0.3) is 5.91 Å². The van der Waals surface area contributed by atoms with Gasteiger partial charge < -0.3 is 15.4 Å². The lowest BCUT2D eigenvalue weighted by atomic mass is 9.93. The van der Waals surface area contributed by atoms with E-state index in [1.54, 1.807) is 21.0 Å². The Morgan fingerprint density at radius 3 is 2.58 bits per heavy atom. The van der Waals surface area contributed by atoms with Gasteiger partial charge in [0.05, 0.1) is 7.11 Å². The van der Waals surface area contributed by atoms with Crippen LogP contribution in [0.1, 0.15) is 38.7 Å². The van der Waals surface area contributed by atoms with Crippen LogP contribution in [0.3, 0.4) is 0 Å². The Hall–Kier alpha value is -2.57. The first-order valence-electron chi connectivity index (χ1n) is 8.93. The number of amides is 4. The minimum atomic E-state index is -1.01. The summed E-state index contributed by atoms with van der Waals surface area (Å²) in [6, 6.07) is 6.47. The van der Waals surface area contributed by atoms with Crippen molar-refractivity contribution < 1.29 is 19.1 Å². The molecule has 7 nitrogen and oxygen atoms in total. The quantitative estimate of drug-likeness (QED) is 0.724. The molecule has 26 heavy (non-hydrogen) atoms. The van der Waals surface area contributed by atoms with E-state index < -0.39 is 17.6 Å². The molecule has 4 amide bonds. The van der Waals surface area contributed by atoms with Crippen LogP contribution in [0, 0.1) is 0 Å². The fourth-order valence-corrected chi connectivity index (χ4v) is 3.08. The van der Waals surface area contributed by atoms with Crippen molar-refractivity contribution in [3.8, 4) is 5.75 Å². The maximum atomic E-state index is 12.8. The Balaban J connectivity index is 1.64. The fourth-order valence-electron chi connectivity index (χ4n) is 3.08. The Morgan fingerprint density at radius 2 is 2.00 bits per heavy atom. The lowest BCUT2D eigenvalue weighted by molar-refractivity contribution is -0.137. The highest BCUT2D eigenvalue weighted by molar-refractivity contribution is 6.09. The topological polar surface area (TPSA) is 87.7 Å². The second-order valence-corrected chi connectivity index (χ2v) is 7.24. The zero-order chi connectivity index (χ0) is 18.9. The Morgan fingerprint density at radius 1 is 1.35 bits per heavy atom. The molecule has 1 aliphatic heterocycles. The second-order valence-electron chi connectivity index (χ2n) is 7.24. The van der Waals surface area contributed by atoms with Gasteiger partial charge in [-0.05, 0) is 57.2 Å². The van der Waals surface area contributed by atoms with Crippen LogP contribution >= 0.6 is 0 Å². The van der Waals surface area contributed by atoms with Gasteiger partial charge in [-0.25, -0.2) is 9.69 Å². The van der Waals surface area contributed by atoms with Gasteiger partial charge >= 0.3 is 6.03 Å². The summed E-state index contributed by atoms with van der Waals surface area (Å²) in [5.41, 5.74) is 0.0394. The van der Waals surface area contributed by atoms with E-state index in [4.69, 9.17) is 4.74 Å². The molecule has 3 rings (SSSR count). The zero-order valence-corrected chi connectivity index (χ0v) is 15.4. The molecule has 2 fully saturated rings. The van der Waals surface area contributed by atoms with Crippen molar-refractivity contribution in [3.05, 3.63) is 29.8 Å². The van der Waals surface area contributed by atoms with E-state index in [1.807, 2.05) is 24.3 Å². The molecule has 0 bridgehead atoms. The SMILES string of the molecule is COc1ccc(CC[C@]2(C)NC(=O)N([C@@H](C)C(=O)NC3CC3)C2=O)cc1. The summed E-state index contributed by atoms with van der Waals surface area (Å²) in [6.07, 6.45) is 3.00. The zero-order valence-electron chi connectivity index (χ0n) is 15.4. The highest BCUT2D eigenvalue weighted by Gasteiger charge is 2.50. The number of imide groups is 1. The summed E-state index contributed by atoms with van der Waals surface area (Å²) >= 11 is 0. The summed E-state index contributed by atoms with van der Waals surface area (Å²) in [6.45, 7) is 3.30. The van der Waals surface area contributed by atoms with Crippen LogP contribution in [0.4, 0.5) is 4.79 Å². The molecular weight excluding hydrogens is 334 g/mol. The van der Waals surface area contributed by atoms with Crippen LogP contribution in [0.15, 0.2) is 24.3 Å². The van der Waals surface area contributed by atoms with Crippen molar-refractivity contribution >= 4 is 17.8 Å². The van der Waals surface area contributed by atoms with Crippen molar-refractivity contribution in [1.29, 1.82) is 0 Å². The minimum Gasteiger partial charge on any atom is -0.497 e. The highest BCUT2D eigenvalue weighted by atomic mass is 16.5. The molecule has 0 radical (unpaired) electrons. The van der Waals surface area contributed by atoms with Gasteiger partial charge in [0.1, 0.15) is 17.3 Å². The molecule has 7 heteroatoms. The Labute approximate surface area is 153 Å². The van der Waals surface area contributed by atoms with Gasteiger partial charge in [-0.15, -0.1) is 0 Å². The number of benzene rings is 1. The molecule has 1 aromatic rings.